The highest BCUT2D eigenvalue weighted by molar-refractivity contribution is 7.99. The first kappa shape index (κ1) is 15.4. The van der Waals surface area contributed by atoms with Crippen LogP contribution in [-0.4, -0.2) is 0 Å². The first-order valence-electron chi connectivity index (χ1n) is 7.73. The Labute approximate surface area is 150 Å². The summed E-state index contributed by atoms with van der Waals surface area (Å²) in [5.74, 6) is 0.893. The fourth-order valence-electron chi connectivity index (χ4n) is 2.79. The van der Waals surface area contributed by atoms with Crippen LogP contribution in [0.2, 0.25) is 5.02 Å². The maximum atomic E-state index is 6.30. The Kier molecular flexibility index (Phi) is 4.09. The summed E-state index contributed by atoms with van der Waals surface area (Å²) >= 11 is 8.01. The summed E-state index contributed by atoms with van der Waals surface area (Å²) in [5, 5.41) is 1.79. The minimum Gasteiger partial charge on any atom is -0.455 e. The van der Waals surface area contributed by atoms with Crippen LogP contribution in [0.1, 0.15) is 5.56 Å². The van der Waals surface area contributed by atoms with Crippen LogP contribution in [0.25, 0.3) is 22.3 Å². The van der Waals surface area contributed by atoms with E-state index in [1.807, 2.05) is 55.5 Å². The molecule has 0 aliphatic heterocycles. The summed E-state index contributed by atoms with van der Waals surface area (Å²) < 4.78 is 6.26. The Hall–Kier alpha value is -2.16. The van der Waals surface area contributed by atoms with Gasteiger partial charge in [0.1, 0.15) is 11.3 Å². The first-order valence-corrected chi connectivity index (χ1v) is 8.93. The molecule has 0 radical (unpaired) electrons. The summed E-state index contributed by atoms with van der Waals surface area (Å²) in [7, 11) is 0. The highest BCUT2D eigenvalue weighted by atomic mass is 35.5. The Morgan fingerprint density at radius 1 is 0.875 bits per heavy atom. The quantitative estimate of drug-likeness (QED) is 0.387. The smallest absolute Gasteiger partial charge is 0.149 e. The largest absolute Gasteiger partial charge is 0.455 e. The minimum absolute atomic E-state index is 0.732. The molecular weight excluding hydrogens is 336 g/mol. The van der Waals surface area contributed by atoms with Crippen LogP contribution in [0.4, 0.5) is 0 Å². The third-order valence-electron chi connectivity index (χ3n) is 3.89. The van der Waals surface area contributed by atoms with Crippen molar-refractivity contribution in [2.75, 3.05) is 0 Å². The third-order valence-corrected chi connectivity index (χ3v) is 5.23. The number of halogens is 1. The minimum atomic E-state index is 0.732. The molecule has 1 nitrogen and oxygen atoms in total. The molecule has 0 aliphatic rings. The van der Waals surface area contributed by atoms with Crippen molar-refractivity contribution in [3.8, 4) is 11.3 Å². The van der Waals surface area contributed by atoms with E-state index in [0.29, 0.717) is 0 Å². The molecule has 0 N–H and O–H groups in total. The number of aryl methyl sites for hydroxylation is 1. The molecule has 24 heavy (non-hydrogen) atoms. The van der Waals surface area contributed by atoms with Gasteiger partial charge < -0.3 is 4.42 Å². The Morgan fingerprint density at radius 3 is 2.25 bits per heavy atom. The molecule has 3 aromatic carbocycles. The second kappa shape index (κ2) is 6.39. The van der Waals surface area contributed by atoms with Gasteiger partial charge in [0, 0.05) is 20.9 Å². The number of rotatable bonds is 3. The van der Waals surface area contributed by atoms with Crippen molar-refractivity contribution in [2.24, 2.45) is 0 Å². The number of fused-ring (bicyclic) bond motifs is 1. The zero-order valence-electron chi connectivity index (χ0n) is 13.1. The average molecular weight is 351 g/mol. The van der Waals surface area contributed by atoms with Gasteiger partial charge >= 0.3 is 0 Å². The lowest BCUT2D eigenvalue weighted by atomic mass is 10.1. The molecule has 4 rings (SSSR count). The van der Waals surface area contributed by atoms with Crippen LogP contribution >= 0.6 is 23.4 Å². The maximum Gasteiger partial charge on any atom is 0.149 e. The summed E-state index contributed by atoms with van der Waals surface area (Å²) in [5.41, 5.74) is 3.02. The summed E-state index contributed by atoms with van der Waals surface area (Å²) in [4.78, 5) is 2.28. The molecule has 1 aromatic heterocycles. The fourth-order valence-corrected chi connectivity index (χ4v) is 4.11. The number of benzene rings is 3. The summed E-state index contributed by atoms with van der Waals surface area (Å²) in [6.07, 6.45) is 0. The lowest BCUT2D eigenvalue weighted by Gasteiger charge is -2.04. The Balaban J connectivity index is 1.97. The molecule has 0 aliphatic carbocycles. The highest BCUT2D eigenvalue weighted by Gasteiger charge is 2.19. The number of hydrogen-bond donors (Lipinski definition) is 0. The van der Waals surface area contributed by atoms with Crippen molar-refractivity contribution in [1.82, 2.24) is 0 Å². The molecule has 0 atom stereocenters. The van der Waals surface area contributed by atoms with E-state index in [4.69, 9.17) is 16.0 Å². The molecule has 4 aromatic rings. The molecule has 1 heterocycles. The van der Waals surface area contributed by atoms with Crippen LogP contribution < -0.4 is 0 Å². The van der Waals surface area contributed by atoms with Gasteiger partial charge in [0.25, 0.3) is 0 Å². The Bertz CT molecular complexity index is 991. The molecule has 0 spiro atoms. The van der Waals surface area contributed by atoms with E-state index in [-0.39, 0.29) is 0 Å². The monoisotopic (exact) mass is 350 g/mol. The molecule has 118 valence electrons. The van der Waals surface area contributed by atoms with Crippen molar-refractivity contribution in [3.05, 3.63) is 83.4 Å². The van der Waals surface area contributed by atoms with Crippen molar-refractivity contribution >= 4 is 34.3 Å². The van der Waals surface area contributed by atoms with Crippen LogP contribution in [0.15, 0.2) is 87.0 Å². The predicted molar refractivity (Wildman–Crippen MR) is 102 cm³/mol. The van der Waals surface area contributed by atoms with Crippen LogP contribution in [0.5, 0.6) is 0 Å². The van der Waals surface area contributed by atoms with E-state index in [1.54, 1.807) is 11.8 Å². The van der Waals surface area contributed by atoms with Crippen LogP contribution in [-0.2, 0) is 0 Å². The van der Waals surface area contributed by atoms with Gasteiger partial charge in [-0.3, -0.25) is 0 Å². The summed E-state index contributed by atoms with van der Waals surface area (Å²) in [6.45, 7) is 2.03. The van der Waals surface area contributed by atoms with Crippen molar-refractivity contribution in [2.45, 2.75) is 16.7 Å². The molecule has 0 saturated heterocycles. The molecule has 0 bridgehead atoms. The van der Waals surface area contributed by atoms with Gasteiger partial charge in [-0.05, 0) is 36.8 Å². The lowest BCUT2D eigenvalue weighted by Crippen LogP contribution is -1.78. The SMILES string of the molecule is Cc1cc(Cl)cc2c(Sc3ccccc3)c(-c3ccccc3)oc12. The number of hydrogen-bond acceptors (Lipinski definition) is 2. The zero-order chi connectivity index (χ0) is 16.5. The second-order valence-electron chi connectivity index (χ2n) is 5.64. The second-order valence-corrected chi connectivity index (χ2v) is 7.16. The molecule has 0 unspecified atom stereocenters. The van der Waals surface area contributed by atoms with Crippen molar-refractivity contribution < 1.29 is 4.42 Å². The third kappa shape index (κ3) is 2.83. The van der Waals surface area contributed by atoms with Gasteiger partial charge in [-0.15, -0.1) is 0 Å². The van der Waals surface area contributed by atoms with Crippen LogP contribution in [0, 0.1) is 6.92 Å². The zero-order valence-corrected chi connectivity index (χ0v) is 14.7. The maximum absolute atomic E-state index is 6.30. The van der Waals surface area contributed by atoms with E-state index in [2.05, 4.69) is 24.3 Å². The highest BCUT2D eigenvalue weighted by Crippen LogP contribution is 2.44. The van der Waals surface area contributed by atoms with Crippen molar-refractivity contribution in [3.63, 3.8) is 0 Å². The van der Waals surface area contributed by atoms with Crippen LogP contribution in [0.3, 0.4) is 0 Å². The normalized spacial score (nSPS) is 11.1. The summed E-state index contributed by atoms with van der Waals surface area (Å²) in [6, 6.07) is 24.5. The number of furan rings is 1. The standard InChI is InChI=1S/C21H15ClOS/c1-14-12-16(22)13-18-19(14)23-20(15-8-4-2-5-9-15)21(18)24-17-10-6-3-7-11-17/h2-13H,1H3. The van der Waals surface area contributed by atoms with E-state index < -0.39 is 0 Å². The van der Waals surface area contributed by atoms with Gasteiger partial charge in [0.2, 0.25) is 0 Å². The average Bonchev–Trinajstić information content (AvgIpc) is 2.95. The molecule has 0 fully saturated rings. The van der Waals surface area contributed by atoms with E-state index in [9.17, 15) is 0 Å². The van der Waals surface area contributed by atoms with E-state index in [0.717, 1.165) is 37.8 Å². The predicted octanol–water partition coefficient (Wildman–Crippen LogP) is 7.21. The van der Waals surface area contributed by atoms with Gasteiger partial charge in [-0.1, -0.05) is 71.9 Å². The Morgan fingerprint density at radius 2 is 1.54 bits per heavy atom. The fraction of sp³-hybridized carbons (Fsp3) is 0.0476. The van der Waals surface area contributed by atoms with Gasteiger partial charge in [-0.2, -0.15) is 0 Å². The van der Waals surface area contributed by atoms with Crippen molar-refractivity contribution in [1.29, 1.82) is 0 Å². The lowest BCUT2D eigenvalue weighted by molar-refractivity contribution is 0.622. The van der Waals surface area contributed by atoms with Gasteiger partial charge in [0.05, 0.1) is 4.90 Å². The molecule has 3 heteroatoms. The molecular formula is C21H15ClOS. The molecule has 0 amide bonds. The van der Waals surface area contributed by atoms with E-state index in [1.165, 1.54) is 4.90 Å². The first-order chi connectivity index (χ1) is 11.7. The van der Waals surface area contributed by atoms with Gasteiger partial charge in [0.15, 0.2) is 0 Å². The molecule has 0 saturated carbocycles. The topological polar surface area (TPSA) is 13.1 Å². The van der Waals surface area contributed by atoms with Gasteiger partial charge in [-0.25, -0.2) is 0 Å². The van der Waals surface area contributed by atoms with E-state index >= 15 is 0 Å².